The zero-order chi connectivity index (χ0) is 33.3. The van der Waals surface area contributed by atoms with Crippen LogP contribution in [0, 0.1) is 11.6 Å². The number of carbonyl (C=O) groups excluding carboxylic acids is 2. The summed E-state index contributed by atoms with van der Waals surface area (Å²) in [6.45, 7) is -1.21. The fourth-order valence-electron chi connectivity index (χ4n) is 4.98. The number of nitrogens with one attached hydrogen (secondary N) is 3. The third kappa shape index (κ3) is 10.3. The van der Waals surface area contributed by atoms with E-state index in [9.17, 15) is 27.2 Å². The van der Waals surface area contributed by atoms with Gasteiger partial charge in [0.1, 0.15) is 34.5 Å². The van der Waals surface area contributed by atoms with Crippen molar-refractivity contribution in [1.29, 1.82) is 0 Å². The van der Waals surface area contributed by atoms with Gasteiger partial charge in [-0.1, -0.05) is 52.9 Å². The molecule has 46 heavy (non-hydrogen) atoms. The molecule has 1 unspecified atom stereocenters. The third-order valence-corrected chi connectivity index (χ3v) is 8.62. The van der Waals surface area contributed by atoms with Gasteiger partial charge in [0.05, 0.1) is 25.9 Å². The molecule has 1 aliphatic heterocycles. The van der Waals surface area contributed by atoms with Crippen molar-refractivity contribution in [2.75, 3.05) is 38.7 Å². The van der Waals surface area contributed by atoms with Crippen molar-refractivity contribution in [1.82, 2.24) is 10.6 Å². The van der Waals surface area contributed by atoms with E-state index in [1.165, 1.54) is 24.3 Å². The summed E-state index contributed by atoms with van der Waals surface area (Å²) in [5.74, 6) is -1.14. The molecule has 1 saturated heterocycles. The smallest absolute Gasteiger partial charge is 0.407 e. The molecule has 3 N–H and O–H groups in total. The Morgan fingerprint density at radius 1 is 1.07 bits per heavy atom. The molecule has 0 aliphatic carbocycles. The van der Waals surface area contributed by atoms with Crippen molar-refractivity contribution in [3.63, 3.8) is 0 Å². The van der Waals surface area contributed by atoms with E-state index in [1.807, 2.05) is 40.8 Å². The van der Waals surface area contributed by atoms with E-state index in [-0.39, 0.29) is 31.6 Å². The lowest BCUT2D eigenvalue weighted by atomic mass is 9.88. The molecule has 0 spiro atoms. The number of ether oxygens (including phenoxy) is 3. The summed E-state index contributed by atoms with van der Waals surface area (Å²) in [5, 5.41) is 7.63. The maximum Gasteiger partial charge on any atom is 0.407 e. The minimum Gasteiger partial charge on any atom is -0.497 e. The first kappa shape index (κ1) is 35.4. The van der Waals surface area contributed by atoms with E-state index < -0.39 is 46.3 Å². The molecule has 3 aromatic rings. The number of amides is 2. The summed E-state index contributed by atoms with van der Waals surface area (Å²) >= 11 is 2.04. The standard InChI is InChI=1S/C32H33F5IN3O5/c1-44-23-5-2-4-20(14-23)28(19-8-10-21(33)11-9-19)29(38)30(42)41-27-7-3-6-26(34)25(27)13-12-24-15-39-22(16-45-24)17-46-31(43)40-18-32(35,36)37/h2-11,14,22,24,28-29,39H,12-13,15-18H2,1H3,(H,40,43)(H,41,42)/t22-,24+,28+,29?/m0/s1. The number of anilines is 1. The Labute approximate surface area is 276 Å². The van der Waals surface area contributed by atoms with Crippen molar-refractivity contribution in [3.05, 3.63) is 95.1 Å². The fourth-order valence-corrected chi connectivity index (χ4v) is 5.97. The highest BCUT2D eigenvalue weighted by Crippen LogP contribution is 2.35. The second-order valence-corrected chi connectivity index (χ2v) is 12.0. The highest BCUT2D eigenvalue weighted by atomic mass is 127. The van der Waals surface area contributed by atoms with Gasteiger partial charge in [0.2, 0.25) is 5.91 Å². The molecule has 0 saturated carbocycles. The fraction of sp³-hybridized carbons (Fsp3) is 0.375. The summed E-state index contributed by atoms with van der Waals surface area (Å²) in [5.41, 5.74) is 2.12. The first-order chi connectivity index (χ1) is 21.9. The molecular formula is C32H33F5IN3O5. The molecular weight excluding hydrogens is 728 g/mol. The van der Waals surface area contributed by atoms with E-state index >= 15 is 4.39 Å². The van der Waals surface area contributed by atoms with Crippen LogP contribution in [-0.2, 0) is 20.7 Å². The number of hydrogen-bond acceptors (Lipinski definition) is 6. The number of alkyl carbamates (subject to hydrolysis) is 1. The molecule has 0 radical (unpaired) electrons. The second kappa shape index (κ2) is 16.4. The minimum atomic E-state index is -4.54. The van der Waals surface area contributed by atoms with Crippen LogP contribution < -0.4 is 20.7 Å². The highest BCUT2D eigenvalue weighted by Gasteiger charge is 2.31. The van der Waals surface area contributed by atoms with Crippen molar-refractivity contribution < 1.29 is 45.8 Å². The summed E-state index contributed by atoms with van der Waals surface area (Å²) in [6, 6.07) is 17.2. The Hall–Kier alpha value is -3.50. The monoisotopic (exact) mass is 761 g/mol. The van der Waals surface area contributed by atoms with Gasteiger partial charge in [0, 0.05) is 23.7 Å². The second-order valence-electron chi connectivity index (χ2n) is 10.6. The Morgan fingerprint density at radius 3 is 2.48 bits per heavy atom. The van der Waals surface area contributed by atoms with Crippen LogP contribution in [0.4, 0.5) is 32.4 Å². The number of methoxy groups -OCH3 is 1. The van der Waals surface area contributed by atoms with Crippen LogP contribution in [0.15, 0.2) is 66.7 Å². The summed E-state index contributed by atoms with van der Waals surface area (Å²) in [7, 11) is 1.54. The number of benzene rings is 3. The number of alkyl halides is 4. The van der Waals surface area contributed by atoms with Crippen molar-refractivity contribution in [2.45, 2.75) is 41.0 Å². The highest BCUT2D eigenvalue weighted by molar-refractivity contribution is 14.1. The predicted molar refractivity (Wildman–Crippen MR) is 169 cm³/mol. The zero-order valence-corrected chi connectivity index (χ0v) is 26.9. The van der Waals surface area contributed by atoms with Gasteiger partial charge in [-0.2, -0.15) is 13.2 Å². The van der Waals surface area contributed by atoms with Gasteiger partial charge < -0.3 is 30.2 Å². The quantitative estimate of drug-likeness (QED) is 0.117. The van der Waals surface area contributed by atoms with Crippen LogP contribution >= 0.6 is 22.6 Å². The lowest BCUT2D eigenvalue weighted by Crippen LogP contribution is -2.49. The summed E-state index contributed by atoms with van der Waals surface area (Å²) < 4.78 is 80.8. The van der Waals surface area contributed by atoms with E-state index in [0.29, 0.717) is 30.0 Å². The third-order valence-electron chi connectivity index (χ3n) is 7.33. The molecule has 0 bridgehead atoms. The van der Waals surface area contributed by atoms with E-state index in [2.05, 4.69) is 10.6 Å². The summed E-state index contributed by atoms with van der Waals surface area (Å²) in [4.78, 5) is 25.1. The average molecular weight is 762 g/mol. The van der Waals surface area contributed by atoms with Gasteiger partial charge in [-0.15, -0.1) is 0 Å². The van der Waals surface area contributed by atoms with Crippen LogP contribution in [0.3, 0.4) is 0 Å². The van der Waals surface area contributed by atoms with Gasteiger partial charge in [-0.3, -0.25) is 4.79 Å². The number of halogens is 6. The first-order valence-electron chi connectivity index (χ1n) is 14.4. The predicted octanol–water partition coefficient (Wildman–Crippen LogP) is 6.13. The van der Waals surface area contributed by atoms with Gasteiger partial charge in [-0.25, -0.2) is 13.6 Å². The molecule has 0 aromatic heterocycles. The Balaban J connectivity index is 1.37. The van der Waals surface area contributed by atoms with E-state index in [0.717, 1.165) is 11.1 Å². The van der Waals surface area contributed by atoms with Crippen LogP contribution in [0.2, 0.25) is 0 Å². The molecule has 8 nitrogen and oxygen atoms in total. The molecule has 248 valence electrons. The van der Waals surface area contributed by atoms with Crippen molar-refractivity contribution in [2.24, 2.45) is 0 Å². The van der Waals surface area contributed by atoms with Gasteiger partial charge in [0.15, 0.2) is 0 Å². The Kier molecular flexibility index (Phi) is 12.6. The lowest BCUT2D eigenvalue weighted by molar-refractivity contribution is -0.124. The number of carbonyl (C=O) groups is 2. The van der Waals surface area contributed by atoms with E-state index in [1.54, 1.807) is 36.7 Å². The lowest BCUT2D eigenvalue weighted by Gasteiger charge is -2.30. The Morgan fingerprint density at radius 2 is 1.80 bits per heavy atom. The topological polar surface area (TPSA) is 97.9 Å². The van der Waals surface area contributed by atoms with Gasteiger partial charge >= 0.3 is 12.3 Å². The van der Waals surface area contributed by atoms with Gasteiger partial charge in [0.25, 0.3) is 0 Å². The van der Waals surface area contributed by atoms with Crippen molar-refractivity contribution in [3.8, 4) is 5.75 Å². The largest absolute Gasteiger partial charge is 0.497 e. The number of morpholine rings is 1. The molecule has 4 atom stereocenters. The van der Waals surface area contributed by atoms with Crippen LogP contribution in [0.1, 0.15) is 29.0 Å². The molecule has 4 rings (SSSR count). The summed E-state index contributed by atoms with van der Waals surface area (Å²) in [6.07, 6.45) is -5.42. The normalized spacial score (nSPS) is 17.9. The van der Waals surface area contributed by atoms with E-state index in [4.69, 9.17) is 14.2 Å². The number of hydrogen-bond donors (Lipinski definition) is 3. The van der Waals surface area contributed by atoms with Crippen LogP contribution in [-0.4, -0.2) is 67.7 Å². The first-order valence-corrected chi connectivity index (χ1v) is 15.6. The zero-order valence-electron chi connectivity index (χ0n) is 24.7. The molecule has 2 amide bonds. The van der Waals surface area contributed by atoms with Crippen molar-refractivity contribution >= 4 is 40.3 Å². The van der Waals surface area contributed by atoms with Crippen LogP contribution in [0.25, 0.3) is 0 Å². The maximum absolute atomic E-state index is 15.1. The van der Waals surface area contributed by atoms with Crippen LogP contribution in [0.5, 0.6) is 5.75 Å². The van der Waals surface area contributed by atoms with Gasteiger partial charge in [-0.05, 0) is 60.4 Å². The average Bonchev–Trinajstić information content (AvgIpc) is 3.03. The minimum absolute atomic E-state index is 0.129. The SMILES string of the molecule is COc1cccc([C@@H](c2ccc(F)cc2)C(I)C(=O)Nc2cccc(F)c2CC[C@@H]2CN[C@H](COC(=O)NCC(F)(F)F)CO2)c1. The molecule has 1 heterocycles. The molecule has 1 fully saturated rings. The molecule has 14 heteroatoms. The molecule has 1 aliphatic rings. The Bertz CT molecular complexity index is 1470. The maximum atomic E-state index is 15.1. The number of rotatable bonds is 12. The molecule has 3 aromatic carbocycles.